The third-order valence-corrected chi connectivity index (χ3v) is 4.35. The van der Waals surface area contributed by atoms with Crippen molar-refractivity contribution in [2.45, 2.75) is 6.54 Å². The highest BCUT2D eigenvalue weighted by molar-refractivity contribution is 5.98. The van der Waals surface area contributed by atoms with Gasteiger partial charge in [0.1, 0.15) is 11.3 Å². The van der Waals surface area contributed by atoms with Gasteiger partial charge in [0.15, 0.2) is 5.82 Å². The molecule has 1 aromatic heterocycles. The van der Waals surface area contributed by atoms with Crippen molar-refractivity contribution in [1.82, 2.24) is 14.8 Å². The highest BCUT2D eigenvalue weighted by Crippen LogP contribution is 2.22. The first-order chi connectivity index (χ1) is 12.6. The topological polar surface area (TPSA) is 69.1 Å². The molecule has 3 rings (SSSR count). The van der Waals surface area contributed by atoms with Gasteiger partial charge < -0.3 is 14.4 Å². The molecule has 140 valence electrons. The van der Waals surface area contributed by atoms with Crippen LogP contribution in [0.5, 0.6) is 5.75 Å². The smallest absolute Gasteiger partial charge is 0.282 e. The van der Waals surface area contributed by atoms with Crippen molar-refractivity contribution >= 4 is 11.7 Å². The van der Waals surface area contributed by atoms with Crippen molar-refractivity contribution < 1.29 is 19.1 Å². The van der Waals surface area contributed by atoms with Crippen molar-refractivity contribution in [3.63, 3.8) is 0 Å². The van der Waals surface area contributed by atoms with E-state index in [0.717, 1.165) is 11.3 Å². The van der Waals surface area contributed by atoms with Gasteiger partial charge in [0.05, 0.1) is 34.0 Å². The molecule has 0 saturated carbocycles. The Morgan fingerprint density at radius 2 is 1.92 bits per heavy atom. The summed E-state index contributed by atoms with van der Waals surface area (Å²) in [5.74, 6) is 1.24. The average molecular weight is 360 g/mol. The molecular weight excluding hydrogens is 336 g/mol. The van der Waals surface area contributed by atoms with Gasteiger partial charge in [-0.1, -0.05) is 12.1 Å². The zero-order chi connectivity index (χ0) is 18.5. The first-order valence-corrected chi connectivity index (χ1v) is 8.47. The molecule has 1 aliphatic heterocycles. The number of hydroxylamine groups is 2. The molecule has 8 nitrogen and oxygen atoms in total. The van der Waals surface area contributed by atoms with Gasteiger partial charge in [-0.05, 0) is 17.7 Å². The van der Waals surface area contributed by atoms with E-state index in [0.29, 0.717) is 44.2 Å². The Kier molecular flexibility index (Phi) is 5.75. The van der Waals surface area contributed by atoms with Crippen molar-refractivity contribution in [1.29, 1.82) is 0 Å². The third-order valence-electron chi connectivity index (χ3n) is 4.35. The number of benzene rings is 1. The number of morpholine rings is 1. The summed E-state index contributed by atoms with van der Waals surface area (Å²) in [6.07, 6.45) is 1.77. The fourth-order valence-electron chi connectivity index (χ4n) is 2.82. The molecule has 2 aromatic rings. The van der Waals surface area contributed by atoms with E-state index in [1.54, 1.807) is 25.0 Å². The molecule has 26 heavy (non-hydrogen) atoms. The van der Waals surface area contributed by atoms with Crippen LogP contribution >= 0.6 is 0 Å². The zero-order valence-electron chi connectivity index (χ0n) is 15.3. The quantitative estimate of drug-likeness (QED) is 0.726. The van der Waals surface area contributed by atoms with Gasteiger partial charge in [0, 0.05) is 26.3 Å². The Labute approximate surface area is 152 Å². The van der Waals surface area contributed by atoms with Crippen LogP contribution in [0.3, 0.4) is 0 Å². The van der Waals surface area contributed by atoms with E-state index in [-0.39, 0.29) is 5.91 Å². The average Bonchev–Trinajstić information content (AvgIpc) is 3.11. The lowest BCUT2D eigenvalue weighted by molar-refractivity contribution is -0.0756. The lowest BCUT2D eigenvalue weighted by Gasteiger charge is -2.27. The Morgan fingerprint density at radius 3 is 2.54 bits per heavy atom. The van der Waals surface area contributed by atoms with Crippen LogP contribution in [0.1, 0.15) is 15.9 Å². The Hall–Kier alpha value is -2.58. The molecule has 2 heterocycles. The van der Waals surface area contributed by atoms with Crippen LogP contribution in [0.25, 0.3) is 0 Å². The Morgan fingerprint density at radius 1 is 1.23 bits per heavy atom. The highest BCUT2D eigenvalue weighted by Gasteiger charge is 2.25. The predicted molar refractivity (Wildman–Crippen MR) is 96.5 cm³/mol. The van der Waals surface area contributed by atoms with Crippen LogP contribution in [0.2, 0.25) is 0 Å². The number of carbonyl (C=O) groups excluding carboxylic acids is 1. The van der Waals surface area contributed by atoms with Gasteiger partial charge in [-0.25, -0.2) is 5.06 Å². The summed E-state index contributed by atoms with van der Waals surface area (Å²) >= 11 is 0. The second kappa shape index (κ2) is 8.20. The first kappa shape index (κ1) is 18.2. The number of aromatic nitrogens is 2. The number of rotatable bonds is 6. The van der Waals surface area contributed by atoms with Crippen LogP contribution < -0.4 is 9.64 Å². The van der Waals surface area contributed by atoms with Crippen LogP contribution in [0, 0.1) is 0 Å². The minimum absolute atomic E-state index is 0.227. The summed E-state index contributed by atoms with van der Waals surface area (Å²) in [5, 5.41) is 5.87. The van der Waals surface area contributed by atoms with Gasteiger partial charge in [-0.3, -0.25) is 14.3 Å². The number of anilines is 1. The van der Waals surface area contributed by atoms with Gasteiger partial charge in [0.2, 0.25) is 0 Å². The van der Waals surface area contributed by atoms with Crippen LogP contribution in [0.4, 0.5) is 5.82 Å². The summed E-state index contributed by atoms with van der Waals surface area (Å²) in [6, 6.07) is 7.79. The predicted octanol–water partition coefficient (Wildman–Crippen LogP) is 1.41. The summed E-state index contributed by atoms with van der Waals surface area (Å²) in [6.45, 7) is 3.22. The summed E-state index contributed by atoms with van der Waals surface area (Å²) in [4.78, 5) is 19.8. The van der Waals surface area contributed by atoms with Crippen LogP contribution in [-0.2, 0) is 16.1 Å². The standard InChI is InChI=1S/C18H24N4O4/c1-20(25-3)18(23)16-13-22(12-14-4-6-15(24-2)7-5-14)19-17(16)21-8-10-26-11-9-21/h4-7,13H,8-12H2,1-3H3. The van der Waals surface area contributed by atoms with E-state index < -0.39 is 0 Å². The van der Waals surface area contributed by atoms with Gasteiger partial charge in [-0.2, -0.15) is 5.10 Å². The Bertz CT molecular complexity index is 738. The molecule has 1 amide bonds. The van der Waals surface area contributed by atoms with E-state index in [2.05, 4.69) is 10.00 Å². The van der Waals surface area contributed by atoms with E-state index in [1.807, 2.05) is 24.3 Å². The molecule has 1 aliphatic rings. The lowest BCUT2D eigenvalue weighted by atomic mass is 10.2. The van der Waals surface area contributed by atoms with Crippen molar-refractivity contribution in [2.24, 2.45) is 0 Å². The molecule has 0 spiro atoms. The highest BCUT2D eigenvalue weighted by atomic mass is 16.7. The molecule has 1 fully saturated rings. The van der Waals surface area contributed by atoms with Crippen molar-refractivity contribution in [3.05, 3.63) is 41.6 Å². The summed E-state index contributed by atoms with van der Waals surface area (Å²) < 4.78 is 12.4. The number of nitrogens with zero attached hydrogens (tertiary/aromatic N) is 4. The maximum absolute atomic E-state index is 12.7. The van der Waals surface area contributed by atoms with Crippen molar-refractivity contribution in [3.8, 4) is 5.75 Å². The third kappa shape index (κ3) is 3.97. The molecule has 0 atom stereocenters. The first-order valence-electron chi connectivity index (χ1n) is 8.47. The summed E-state index contributed by atoms with van der Waals surface area (Å²) in [5.41, 5.74) is 1.59. The molecule has 0 radical (unpaired) electrons. The minimum Gasteiger partial charge on any atom is -0.497 e. The number of hydrogen-bond donors (Lipinski definition) is 0. The number of ether oxygens (including phenoxy) is 2. The monoisotopic (exact) mass is 360 g/mol. The minimum atomic E-state index is -0.227. The molecule has 8 heteroatoms. The number of hydrogen-bond acceptors (Lipinski definition) is 6. The number of carbonyl (C=O) groups is 1. The molecule has 0 bridgehead atoms. The van der Waals surface area contributed by atoms with E-state index in [1.165, 1.54) is 12.2 Å². The molecule has 0 aliphatic carbocycles. The lowest BCUT2D eigenvalue weighted by Crippen LogP contribution is -2.38. The molecular formula is C18H24N4O4. The molecule has 0 N–H and O–H groups in total. The van der Waals surface area contributed by atoms with E-state index in [9.17, 15) is 4.79 Å². The second-order valence-corrected chi connectivity index (χ2v) is 6.00. The Balaban J connectivity index is 1.87. The zero-order valence-corrected chi connectivity index (χ0v) is 15.3. The van der Waals surface area contributed by atoms with Crippen LogP contribution in [-0.4, -0.2) is 68.3 Å². The van der Waals surface area contributed by atoms with Gasteiger partial charge in [0.25, 0.3) is 5.91 Å². The maximum Gasteiger partial charge on any atom is 0.282 e. The normalized spacial score (nSPS) is 14.3. The second-order valence-electron chi connectivity index (χ2n) is 6.00. The largest absolute Gasteiger partial charge is 0.497 e. The SMILES string of the molecule is COc1ccc(Cn2cc(C(=O)N(C)OC)c(N3CCOCC3)n2)cc1. The number of amides is 1. The van der Waals surface area contributed by atoms with Gasteiger partial charge >= 0.3 is 0 Å². The van der Waals surface area contributed by atoms with E-state index in [4.69, 9.17) is 14.3 Å². The van der Waals surface area contributed by atoms with Crippen molar-refractivity contribution in [2.75, 3.05) is 52.5 Å². The molecule has 1 aromatic carbocycles. The molecule has 0 unspecified atom stereocenters. The fourth-order valence-corrected chi connectivity index (χ4v) is 2.82. The number of methoxy groups -OCH3 is 1. The fraction of sp³-hybridized carbons (Fsp3) is 0.444. The van der Waals surface area contributed by atoms with Crippen LogP contribution in [0.15, 0.2) is 30.5 Å². The van der Waals surface area contributed by atoms with E-state index >= 15 is 0 Å². The van der Waals surface area contributed by atoms with Gasteiger partial charge in [-0.15, -0.1) is 0 Å². The maximum atomic E-state index is 12.7. The molecule has 1 saturated heterocycles. The summed E-state index contributed by atoms with van der Waals surface area (Å²) in [7, 11) is 4.70.